The molecule has 3 rings (SSSR count). The van der Waals surface area contributed by atoms with Gasteiger partial charge in [-0.15, -0.1) is 0 Å². The third-order valence-electron chi connectivity index (χ3n) is 3.15. The lowest BCUT2D eigenvalue weighted by Crippen LogP contribution is -2.56. The summed E-state index contributed by atoms with van der Waals surface area (Å²) in [6, 6.07) is 7.36. The van der Waals surface area contributed by atoms with Crippen LogP contribution in [0.5, 0.6) is 5.88 Å². The molecule has 2 aromatic heterocycles. The molecule has 2 aromatic rings. The molecular weight excluding hydrogens is 383 g/mol. The van der Waals surface area contributed by atoms with E-state index in [1.807, 2.05) is 12.1 Å². The summed E-state index contributed by atoms with van der Waals surface area (Å²) in [6.07, 6.45) is 3.65. The van der Waals surface area contributed by atoms with E-state index in [-0.39, 0.29) is 18.4 Å². The van der Waals surface area contributed by atoms with Gasteiger partial charge in [0.1, 0.15) is 6.10 Å². The monoisotopic (exact) mass is 396 g/mol. The molecule has 0 spiro atoms. The van der Waals surface area contributed by atoms with E-state index in [1.165, 1.54) is 0 Å². The van der Waals surface area contributed by atoms with E-state index >= 15 is 0 Å². The van der Waals surface area contributed by atoms with Crippen molar-refractivity contribution < 1.29 is 9.53 Å². The zero-order chi connectivity index (χ0) is 14.7. The minimum atomic E-state index is 0.0170. The first-order valence-electron chi connectivity index (χ1n) is 6.53. The predicted octanol–water partition coefficient (Wildman–Crippen LogP) is 1.31. The van der Waals surface area contributed by atoms with Gasteiger partial charge in [0, 0.05) is 22.0 Å². The molecule has 0 bridgehead atoms. The number of amides is 1. The van der Waals surface area contributed by atoms with Crippen molar-refractivity contribution in [3.05, 3.63) is 45.9 Å². The number of hydrogen-bond acceptors (Lipinski definition) is 5. The van der Waals surface area contributed by atoms with Crippen molar-refractivity contribution in [1.82, 2.24) is 20.1 Å². The predicted molar refractivity (Wildman–Crippen MR) is 83.7 cm³/mol. The van der Waals surface area contributed by atoms with Gasteiger partial charge in [-0.2, -0.15) is 10.2 Å². The number of halogens is 1. The number of pyridine rings is 1. The molecule has 1 fully saturated rings. The van der Waals surface area contributed by atoms with Crippen molar-refractivity contribution in [3.8, 4) is 5.88 Å². The van der Waals surface area contributed by atoms with Crippen LogP contribution in [0.25, 0.3) is 0 Å². The van der Waals surface area contributed by atoms with Crippen LogP contribution in [-0.2, 0) is 11.2 Å². The SMILES string of the molecule is O=C(Cc1cccnn1)N1CC(Oc2ccc(I)cn2)C1. The highest BCUT2D eigenvalue weighted by molar-refractivity contribution is 14.1. The Morgan fingerprint density at radius 1 is 1.38 bits per heavy atom. The van der Waals surface area contributed by atoms with Gasteiger partial charge in [0.15, 0.2) is 0 Å². The smallest absolute Gasteiger partial charge is 0.228 e. The Balaban J connectivity index is 1.47. The summed E-state index contributed by atoms with van der Waals surface area (Å²) in [5.41, 5.74) is 0.686. The first-order chi connectivity index (χ1) is 10.2. The van der Waals surface area contributed by atoms with Gasteiger partial charge < -0.3 is 9.64 Å². The molecule has 0 aliphatic carbocycles. The Morgan fingerprint density at radius 2 is 2.24 bits per heavy atom. The standard InChI is InChI=1S/C14H13IN4O2/c15-10-3-4-13(16-7-10)21-12-8-19(9-12)14(20)6-11-2-1-5-17-18-11/h1-5,7,12H,6,8-9H2. The molecule has 1 amide bonds. The highest BCUT2D eigenvalue weighted by Gasteiger charge is 2.32. The van der Waals surface area contributed by atoms with E-state index in [9.17, 15) is 4.79 Å². The molecule has 0 atom stereocenters. The second-order valence-corrected chi connectivity index (χ2v) is 5.99. The molecule has 0 aromatic carbocycles. The van der Waals surface area contributed by atoms with Crippen LogP contribution in [0, 0.1) is 3.57 Å². The lowest BCUT2D eigenvalue weighted by Gasteiger charge is -2.38. The van der Waals surface area contributed by atoms with E-state index < -0.39 is 0 Å². The van der Waals surface area contributed by atoms with Crippen LogP contribution >= 0.6 is 22.6 Å². The average Bonchev–Trinajstić information content (AvgIpc) is 2.45. The first-order valence-corrected chi connectivity index (χ1v) is 7.61. The Bertz CT molecular complexity index is 615. The largest absolute Gasteiger partial charge is 0.471 e. The number of nitrogens with zero attached hydrogens (tertiary/aromatic N) is 4. The van der Waals surface area contributed by atoms with E-state index in [0.29, 0.717) is 24.7 Å². The maximum Gasteiger partial charge on any atom is 0.228 e. The van der Waals surface area contributed by atoms with Crippen molar-refractivity contribution in [3.63, 3.8) is 0 Å². The fourth-order valence-electron chi connectivity index (χ4n) is 2.01. The molecule has 0 N–H and O–H groups in total. The highest BCUT2D eigenvalue weighted by Crippen LogP contribution is 2.17. The number of carbonyl (C=O) groups is 1. The van der Waals surface area contributed by atoms with Crippen molar-refractivity contribution in [2.45, 2.75) is 12.5 Å². The third kappa shape index (κ3) is 3.66. The van der Waals surface area contributed by atoms with Crippen molar-refractivity contribution >= 4 is 28.5 Å². The van der Waals surface area contributed by atoms with Crippen LogP contribution in [0.3, 0.4) is 0 Å². The maximum atomic E-state index is 12.0. The van der Waals surface area contributed by atoms with Crippen LogP contribution in [-0.4, -0.2) is 45.2 Å². The summed E-state index contributed by atoms with van der Waals surface area (Å²) in [6.45, 7) is 1.18. The van der Waals surface area contributed by atoms with E-state index in [1.54, 1.807) is 29.4 Å². The maximum absolute atomic E-state index is 12.0. The van der Waals surface area contributed by atoms with Crippen LogP contribution < -0.4 is 4.74 Å². The summed E-state index contributed by atoms with van der Waals surface area (Å²) < 4.78 is 6.76. The number of aromatic nitrogens is 3. The van der Waals surface area contributed by atoms with Gasteiger partial charge in [-0.1, -0.05) is 0 Å². The fraction of sp³-hybridized carbons (Fsp3) is 0.286. The summed E-state index contributed by atoms with van der Waals surface area (Å²) >= 11 is 2.19. The molecular formula is C14H13IN4O2. The number of ether oxygens (including phenoxy) is 1. The molecule has 0 unspecified atom stereocenters. The molecule has 6 nitrogen and oxygen atoms in total. The summed E-state index contributed by atoms with van der Waals surface area (Å²) in [5.74, 6) is 0.646. The van der Waals surface area contributed by atoms with Crippen LogP contribution in [0.2, 0.25) is 0 Å². The van der Waals surface area contributed by atoms with Crippen LogP contribution in [0.15, 0.2) is 36.7 Å². The molecule has 7 heteroatoms. The minimum absolute atomic E-state index is 0.0170. The zero-order valence-electron chi connectivity index (χ0n) is 11.1. The van der Waals surface area contributed by atoms with Crippen molar-refractivity contribution in [2.75, 3.05) is 13.1 Å². The second kappa shape index (κ2) is 6.33. The Hall–Kier alpha value is -1.77. The van der Waals surface area contributed by atoms with Crippen LogP contribution in [0.4, 0.5) is 0 Å². The Labute approximate surface area is 135 Å². The van der Waals surface area contributed by atoms with Gasteiger partial charge in [-0.25, -0.2) is 4.98 Å². The normalized spacial score (nSPS) is 14.6. The van der Waals surface area contributed by atoms with E-state index in [2.05, 4.69) is 37.8 Å². The van der Waals surface area contributed by atoms with E-state index in [4.69, 9.17) is 4.74 Å². The van der Waals surface area contributed by atoms with Gasteiger partial charge in [0.25, 0.3) is 0 Å². The molecule has 108 valence electrons. The van der Waals surface area contributed by atoms with Crippen molar-refractivity contribution in [2.24, 2.45) is 0 Å². The topological polar surface area (TPSA) is 68.2 Å². The third-order valence-corrected chi connectivity index (χ3v) is 3.79. The number of likely N-dealkylation sites (tertiary alicyclic amines) is 1. The second-order valence-electron chi connectivity index (χ2n) is 4.75. The molecule has 21 heavy (non-hydrogen) atoms. The Morgan fingerprint density at radius 3 is 2.90 bits per heavy atom. The lowest BCUT2D eigenvalue weighted by atomic mass is 10.1. The number of rotatable bonds is 4. The van der Waals surface area contributed by atoms with Gasteiger partial charge in [0.2, 0.25) is 11.8 Å². The summed E-state index contributed by atoms with van der Waals surface area (Å²) in [4.78, 5) is 18.0. The molecule has 1 aliphatic heterocycles. The van der Waals surface area contributed by atoms with Crippen molar-refractivity contribution in [1.29, 1.82) is 0 Å². The average molecular weight is 396 g/mol. The zero-order valence-corrected chi connectivity index (χ0v) is 13.3. The molecule has 0 saturated carbocycles. The lowest BCUT2D eigenvalue weighted by molar-refractivity contribution is -0.139. The van der Waals surface area contributed by atoms with Gasteiger partial charge in [-0.3, -0.25) is 4.79 Å². The summed E-state index contributed by atoms with van der Waals surface area (Å²) in [5, 5.41) is 7.68. The van der Waals surface area contributed by atoms with Gasteiger partial charge >= 0.3 is 0 Å². The molecule has 1 saturated heterocycles. The number of carbonyl (C=O) groups excluding carboxylic acids is 1. The first kappa shape index (κ1) is 14.2. The van der Waals surface area contributed by atoms with E-state index in [0.717, 1.165) is 3.57 Å². The van der Waals surface area contributed by atoms with Crippen LogP contribution in [0.1, 0.15) is 5.69 Å². The fourth-order valence-corrected chi connectivity index (χ4v) is 2.33. The molecule has 1 aliphatic rings. The molecule has 3 heterocycles. The highest BCUT2D eigenvalue weighted by atomic mass is 127. The van der Waals surface area contributed by atoms with Gasteiger partial charge in [-0.05, 0) is 40.8 Å². The number of hydrogen-bond donors (Lipinski definition) is 0. The Kier molecular flexibility index (Phi) is 4.28. The molecule has 0 radical (unpaired) electrons. The quantitative estimate of drug-likeness (QED) is 0.730. The minimum Gasteiger partial charge on any atom is -0.471 e. The summed E-state index contributed by atoms with van der Waals surface area (Å²) in [7, 11) is 0. The van der Waals surface area contributed by atoms with Gasteiger partial charge in [0.05, 0.1) is 25.2 Å².